The monoisotopic (exact) mass is 345 g/mol. The minimum absolute atomic E-state index is 0.0111. The van der Waals surface area contributed by atoms with Gasteiger partial charge < -0.3 is 5.32 Å². The molecule has 0 bridgehead atoms. The molecule has 0 heterocycles. The van der Waals surface area contributed by atoms with Gasteiger partial charge in [0.1, 0.15) is 9.84 Å². The average Bonchev–Trinajstić information content (AvgIpc) is 2.26. The molecule has 1 aromatic carbocycles. The molecule has 1 aliphatic rings. The first-order chi connectivity index (χ1) is 8.83. The van der Waals surface area contributed by atoms with E-state index in [1.165, 1.54) is 17.4 Å². The molecule has 0 spiro atoms. The van der Waals surface area contributed by atoms with Crippen LogP contribution >= 0.6 is 15.9 Å². The number of rotatable bonds is 4. The molecule has 0 amide bonds. The van der Waals surface area contributed by atoms with Gasteiger partial charge in [-0.05, 0) is 49.4 Å². The van der Waals surface area contributed by atoms with Crippen molar-refractivity contribution in [3.63, 3.8) is 0 Å². The van der Waals surface area contributed by atoms with Crippen LogP contribution in [0, 0.1) is 0 Å². The van der Waals surface area contributed by atoms with Crippen molar-refractivity contribution in [2.75, 3.05) is 12.0 Å². The molecule has 2 atom stereocenters. The topological polar surface area (TPSA) is 46.2 Å². The third-order valence-electron chi connectivity index (χ3n) is 3.47. The minimum Gasteiger partial charge on any atom is -0.310 e. The fourth-order valence-electron chi connectivity index (χ4n) is 2.77. The molecule has 106 valence electrons. The molecule has 0 aliphatic heterocycles. The molecule has 3 nitrogen and oxygen atoms in total. The van der Waals surface area contributed by atoms with Crippen LogP contribution in [0.15, 0.2) is 22.7 Å². The Bertz CT molecular complexity index is 557. The van der Waals surface area contributed by atoms with Gasteiger partial charge in [-0.1, -0.05) is 22.0 Å². The summed E-state index contributed by atoms with van der Waals surface area (Å²) in [6.07, 6.45) is 4.39. The fraction of sp³-hybridized carbons (Fsp3) is 0.571. The van der Waals surface area contributed by atoms with Crippen molar-refractivity contribution in [1.82, 2.24) is 5.32 Å². The van der Waals surface area contributed by atoms with E-state index in [4.69, 9.17) is 0 Å². The lowest BCUT2D eigenvalue weighted by molar-refractivity contribution is 0.421. The largest absolute Gasteiger partial charge is 0.310 e. The molecular weight excluding hydrogens is 326 g/mol. The predicted octanol–water partition coefficient (Wildman–Crippen LogP) is 2.33. The summed E-state index contributed by atoms with van der Waals surface area (Å²) in [6.45, 7) is 1.94. The van der Waals surface area contributed by atoms with Gasteiger partial charge in [0.25, 0.3) is 0 Å². The highest BCUT2D eigenvalue weighted by molar-refractivity contribution is 9.10. The van der Waals surface area contributed by atoms with Crippen molar-refractivity contribution in [1.29, 1.82) is 0 Å². The molecule has 2 unspecified atom stereocenters. The number of hydrogen-bond donors (Lipinski definition) is 1. The maximum Gasteiger partial charge on any atom is 0.148 e. The molecule has 0 saturated carbocycles. The summed E-state index contributed by atoms with van der Waals surface area (Å²) in [4.78, 5) is 0. The first-order valence-electron chi connectivity index (χ1n) is 6.54. The van der Waals surface area contributed by atoms with Crippen LogP contribution in [0.5, 0.6) is 0 Å². The van der Waals surface area contributed by atoms with Gasteiger partial charge in [-0.15, -0.1) is 0 Å². The highest BCUT2D eigenvalue weighted by Crippen LogP contribution is 2.25. The smallest absolute Gasteiger partial charge is 0.148 e. The van der Waals surface area contributed by atoms with Gasteiger partial charge in [0.05, 0.1) is 5.75 Å². The van der Waals surface area contributed by atoms with Gasteiger partial charge in [0, 0.05) is 22.8 Å². The minimum atomic E-state index is -2.91. The molecule has 1 aromatic rings. The first kappa shape index (κ1) is 15.0. The van der Waals surface area contributed by atoms with E-state index in [0.29, 0.717) is 6.04 Å². The van der Waals surface area contributed by atoms with Gasteiger partial charge in [-0.2, -0.15) is 0 Å². The van der Waals surface area contributed by atoms with Crippen molar-refractivity contribution in [2.45, 2.75) is 38.3 Å². The van der Waals surface area contributed by atoms with Crippen LogP contribution in [0.4, 0.5) is 0 Å². The van der Waals surface area contributed by atoms with Gasteiger partial charge in [0.2, 0.25) is 0 Å². The number of sulfone groups is 1. The number of hydrogen-bond acceptors (Lipinski definition) is 3. The fourth-order valence-corrected chi connectivity index (χ4v) is 4.18. The molecule has 1 N–H and O–H groups in total. The highest BCUT2D eigenvalue weighted by Gasteiger charge is 2.21. The van der Waals surface area contributed by atoms with Gasteiger partial charge >= 0.3 is 0 Å². The lowest BCUT2D eigenvalue weighted by atomic mass is 9.88. The molecule has 2 rings (SSSR count). The number of benzene rings is 1. The van der Waals surface area contributed by atoms with Crippen molar-refractivity contribution in [2.24, 2.45) is 0 Å². The SMILES string of the molecule is CC(CS(C)(=O)=O)NC1CCc2cc(Br)ccc2C1. The van der Waals surface area contributed by atoms with Crippen LogP contribution in [0.3, 0.4) is 0 Å². The Morgan fingerprint density at radius 3 is 2.84 bits per heavy atom. The summed E-state index contributed by atoms with van der Waals surface area (Å²) in [5.41, 5.74) is 2.78. The number of nitrogens with one attached hydrogen (secondary N) is 1. The van der Waals surface area contributed by atoms with E-state index in [2.05, 4.69) is 39.4 Å². The second-order valence-electron chi connectivity index (χ2n) is 5.51. The lowest BCUT2D eigenvalue weighted by Crippen LogP contribution is -2.43. The molecule has 5 heteroatoms. The van der Waals surface area contributed by atoms with Crippen molar-refractivity contribution in [3.05, 3.63) is 33.8 Å². The second-order valence-corrected chi connectivity index (χ2v) is 8.61. The summed E-state index contributed by atoms with van der Waals surface area (Å²) in [5.74, 6) is 0.205. The van der Waals surface area contributed by atoms with Crippen LogP contribution in [0.1, 0.15) is 24.5 Å². The van der Waals surface area contributed by atoms with Crippen molar-refractivity contribution >= 4 is 25.8 Å². The van der Waals surface area contributed by atoms with Gasteiger partial charge in [-0.3, -0.25) is 0 Å². The number of aryl methyl sites for hydroxylation is 1. The van der Waals surface area contributed by atoms with E-state index in [9.17, 15) is 8.42 Å². The van der Waals surface area contributed by atoms with Gasteiger partial charge in [-0.25, -0.2) is 8.42 Å². The molecule has 0 radical (unpaired) electrons. The summed E-state index contributed by atoms with van der Waals surface area (Å²) in [5, 5.41) is 3.44. The molecule has 0 saturated heterocycles. The molecule has 0 aromatic heterocycles. The highest BCUT2D eigenvalue weighted by atomic mass is 79.9. The third kappa shape index (κ3) is 4.58. The van der Waals surface area contributed by atoms with Crippen LogP contribution in [-0.4, -0.2) is 32.5 Å². The predicted molar refractivity (Wildman–Crippen MR) is 82.3 cm³/mol. The Morgan fingerprint density at radius 2 is 2.16 bits per heavy atom. The first-order valence-corrected chi connectivity index (χ1v) is 9.40. The third-order valence-corrected chi connectivity index (χ3v) is 5.07. The molecule has 0 fully saturated rings. The maximum absolute atomic E-state index is 11.3. The standard InChI is InChI=1S/C14H20BrNO2S/c1-10(9-19(2,17)18)16-14-6-4-11-7-13(15)5-3-12(11)8-14/h3,5,7,10,14,16H,4,6,8-9H2,1-2H3. The Labute approximate surface area is 123 Å². The summed E-state index contributed by atoms with van der Waals surface area (Å²) < 4.78 is 23.7. The van der Waals surface area contributed by atoms with Crippen LogP contribution in [0.25, 0.3) is 0 Å². The number of fused-ring (bicyclic) bond motifs is 1. The lowest BCUT2D eigenvalue weighted by Gasteiger charge is -2.28. The Morgan fingerprint density at radius 1 is 1.42 bits per heavy atom. The summed E-state index contributed by atoms with van der Waals surface area (Å²) in [6, 6.07) is 6.81. The molecule has 1 aliphatic carbocycles. The number of halogens is 1. The van der Waals surface area contributed by atoms with Gasteiger partial charge in [0.15, 0.2) is 0 Å². The molecular formula is C14H20BrNO2S. The maximum atomic E-state index is 11.3. The Hall–Kier alpha value is -0.390. The zero-order valence-corrected chi connectivity index (χ0v) is 13.7. The average molecular weight is 346 g/mol. The van der Waals surface area contributed by atoms with Crippen LogP contribution in [0.2, 0.25) is 0 Å². The second kappa shape index (κ2) is 5.94. The van der Waals surface area contributed by atoms with E-state index in [-0.39, 0.29) is 11.8 Å². The van der Waals surface area contributed by atoms with Crippen LogP contribution in [-0.2, 0) is 22.7 Å². The Kier molecular flexibility index (Phi) is 4.69. The normalized spacial score (nSPS) is 20.9. The Balaban J connectivity index is 1.97. The van der Waals surface area contributed by atoms with Crippen molar-refractivity contribution < 1.29 is 8.42 Å². The van der Waals surface area contributed by atoms with Crippen molar-refractivity contribution in [3.8, 4) is 0 Å². The van der Waals surface area contributed by atoms with E-state index < -0.39 is 9.84 Å². The zero-order chi connectivity index (χ0) is 14.0. The van der Waals surface area contributed by atoms with E-state index >= 15 is 0 Å². The summed E-state index contributed by atoms with van der Waals surface area (Å²) in [7, 11) is -2.91. The van der Waals surface area contributed by atoms with E-state index in [0.717, 1.165) is 23.7 Å². The zero-order valence-electron chi connectivity index (χ0n) is 11.3. The van der Waals surface area contributed by atoms with E-state index in [1.54, 1.807) is 0 Å². The quantitative estimate of drug-likeness (QED) is 0.910. The van der Waals surface area contributed by atoms with Crippen LogP contribution < -0.4 is 5.32 Å². The summed E-state index contributed by atoms with van der Waals surface area (Å²) >= 11 is 3.50. The van der Waals surface area contributed by atoms with E-state index in [1.807, 2.05) is 6.92 Å². The molecule has 19 heavy (non-hydrogen) atoms.